The third-order valence-electron chi connectivity index (χ3n) is 0.958. The van der Waals surface area contributed by atoms with Crippen LogP contribution in [0.5, 0.6) is 0 Å². The minimum atomic E-state index is 0.137. The van der Waals surface area contributed by atoms with Gasteiger partial charge in [0, 0.05) is 0 Å². The Kier molecular flexibility index (Phi) is 1.53. The Morgan fingerprint density at radius 2 is 2.38 bits per heavy atom. The normalized spacial score (nSPS) is 17.1. The van der Waals surface area contributed by atoms with Crippen LogP contribution < -0.4 is 0 Å². The van der Waals surface area contributed by atoms with Gasteiger partial charge in [-0.15, -0.1) is 11.8 Å². The summed E-state index contributed by atoms with van der Waals surface area (Å²) in [4.78, 5) is 11.5. The van der Waals surface area contributed by atoms with E-state index in [1.165, 1.54) is 11.8 Å². The Bertz CT molecular complexity index is 167. The van der Waals surface area contributed by atoms with Gasteiger partial charge in [0.2, 0.25) is 0 Å². The van der Waals surface area contributed by atoms with Crippen molar-refractivity contribution in [3.63, 3.8) is 0 Å². The molecule has 0 N–H and O–H groups in total. The van der Waals surface area contributed by atoms with Crippen LogP contribution in [0, 0.1) is 0 Å². The van der Waals surface area contributed by atoms with Gasteiger partial charge in [-0.1, -0.05) is 6.08 Å². The molecule has 0 bridgehead atoms. The molecule has 8 heavy (non-hydrogen) atoms. The standard InChI is InChI=1S/C6H6OS/c1-8-6-4-2-3-5(6)7/h2-4H,1H3. The molecule has 2 heteroatoms. The molecule has 0 atom stereocenters. The zero-order valence-electron chi connectivity index (χ0n) is 4.55. The van der Waals surface area contributed by atoms with Gasteiger partial charge in [-0.05, 0) is 18.4 Å². The quantitative estimate of drug-likeness (QED) is 0.528. The van der Waals surface area contributed by atoms with E-state index in [0.717, 1.165) is 4.91 Å². The lowest BCUT2D eigenvalue weighted by Gasteiger charge is -1.87. The summed E-state index contributed by atoms with van der Waals surface area (Å²) in [6, 6.07) is 0. The lowest BCUT2D eigenvalue weighted by molar-refractivity contribution is -0.110. The van der Waals surface area contributed by atoms with Crippen molar-refractivity contribution in [1.82, 2.24) is 0 Å². The molecule has 0 aromatic heterocycles. The molecule has 0 aromatic rings. The van der Waals surface area contributed by atoms with Crippen molar-refractivity contribution in [3.8, 4) is 0 Å². The zero-order valence-corrected chi connectivity index (χ0v) is 5.37. The molecule has 1 aliphatic rings. The van der Waals surface area contributed by atoms with E-state index in [4.69, 9.17) is 0 Å². The highest BCUT2D eigenvalue weighted by atomic mass is 32.2. The lowest BCUT2D eigenvalue weighted by Crippen LogP contribution is -1.87. The van der Waals surface area contributed by atoms with Gasteiger partial charge in [-0.3, -0.25) is 4.79 Å². The van der Waals surface area contributed by atoms with Gasteiger partial charge in [0.05, 0.1) is 4.91 Å². The molecule has 0 saturated heterocycles. The molecule has 0 radical (unpaired) electrons. The monoisotopic (exact) mass is 126 g/mol. The Morgan fingerprint density at radius 1 is 1.62 bits per heavy atom. The molecule has 0 amide bonds. The van der Waals surface area contributed by atoms with Crippen LogP contribution in [0.25, 0.3) is 0 Å². The van der Waals surface area contributed by atoms with Gasteiger partial charge >= 0.3 is 0 Å². The average Bonchev–Trinajstić information content (AvgIpc) is 2.14. The average molecular weight is 126 g/mol. The maximum absolute atomic E-state index is 10.6. The fourth-order valence-electron chi connectivity index (χ4n) is 0.556. The highest BCUT2D eigenvalue weighted by Crippen LogP contribution is 2.17. The molecule has 0 saturated carbocycles. The third-order valence-corrected chi connectivity index (χ3v) is 1.74. The number of ketones is 1. The summed E-state index contributed by atoms with van der Waals surface area (Å²) < 4.78 is 0. The third kappa shape index (κ3) is 0.842. The van der Waals surface area contributed by atoms with Crippen molar-refractivity contribution in [1.29, 1.82) is 0 Å². The van der Waals surface area contributed by atoms with Crippen LogP contribution in [-0.4, -0.2) is 12.0 Å². The van der Waals surface area contributed by atoms with Crippen molar-refractivity contribution in [2.45, 2.75) is 0 Å². The number of carbonyl (C=O) groups excluding carboxylic acids is 1. The molecular formula is C6H6OS. The first kappa shape index (κ1) is 5.63. The van der Waals surface area contributed by atoms with Gasteiger partial charge in [-0.2, -0.15) is 0 Å². The highest BCUT2D eigenvalue weighted by molar-refractivity contribution is 8.03. The fraction of sp³-hybridized carbons (Fsp3) is 0.167. The molecule has 0 aliphatic heterocycles. The molecule has 0 unspecified atom stereocenters. The molecule has 0 aromatic carbocycles. The first-order valence-corrected chi connectivity index (χ1v) is 3.54. The van der Waals surface area contributed by atoms with Crippen LogP contribution in [-0.2, 0) is 4.79 Å². The van der Waals surface area contributed by atoms with E-state index in [9.17, 15) is 4.79 Å². The second-order valence-electron chi connectivity index (χ2n) is 1.46. The van der Waals surface area contributed by atoms with E-state index in [0.29, 0.717) is 0 Å². The number of allylic oxidation sites excluding steroid dienone is 4. The fourth-order valence-corrected chi connectivity index (χ4v) is 1.04. The predicted molar refractivity (Wildman–Crippen MR) is 35.7 cm³/mol. The van der Waals surface area contributed by atoms with Crippen molar-refractivity contribution in [2.24, 2.45) is 0 Å². The van der Waals surface area contributed by atoms with Gasteiger partial charge in [0.25, 0.3) is 0 Å². The first-order valence-electron chi connectivity index (χ1n) is 2.31. The molecule has 1 nitrogen and oxygen atoms in total. The van der Waals surface area contributed by atoms with E-state index < -0.39 is 0 Å². The first-order chi connectivity index (χ1) is 3.84. The highest BCUT2D eigenvalue weighted by Gasteiger charge is 2.06. The molecule has 0 spiro atoms. The number of carbonyl (C=O) groups is 1. The summed E-state index contributed by atoms with van der Waals surface area (Å²) in [7, 11) is 0. The second kappa shape index (κ2) is 2.18. The van der Waals surface area contributed by atoms with Crippen LogP contribution in [0.15, 0.2) is 23.1 Å². The summed E-state index contributed by atoms with van der Waals surface area (Å²) in [6.07, 6.45) is 7.07. The van der Waals surface area contributed by atoms with Crippen LogP contribution in [0.3, 0.4) is 0 Å². The van der Waals surface area contributed by atoms with Gasteiger partial charge in [-0.25, -0.2) is 0 Å². The molecule has 1 aliphatic carbocycles. The second-order valence-corrected chi connectivity index (χ2v) is 2.31. The maximum atomic E-state index is 10.6. The minimum Gasteiger partial charge on any atom is -0.289 e. The topological polar surface area (TPSA) is 17.1 Å². The Hall–Kier alpha value is -0.500. The minimum absolute atomic E-state index is 0.137. The Labute approximate surface area is 52.5 Å². The van der Waals surface area contributed by atoms with Crippen molar-refractivity contribution < 1.29 is 4.79 Å². The molecule has 42 valence electrons. The number of hydrogen-bond acceptors (Lipinski definition) is 2. The lowest BCUT2D eigenvalue weighted by atomic mass is 10.4. The van der Waals surface area contributed by atoms with Crippen LogP contribution >= 0.6 is 11.8 Å². The van der Waals surface area contributed by atoms with Gasteiger partial charge < -0.3 is 0 Å². The van der Waals surface area contributed by atoms with Gasteiger partial charge in [0.15, 0.2) is 5.78 Å². The summed E-state index contributed by atoms with van der Waals surface area (Å²) in [5.74, 6) is 0.137. The molecule has 0 heterocycles. The predicted octanol–water partition coefficient (Wildman–Crippen LogP) is 1.37. The Balaban J connectivity index is 2.73. The van der Waals surface area contributed by atoms with Crippen LogP contribution in [0.1, 0.15) is 0 Å². The largest absolute Gasteiger partial charge is 0.289 e. The van der Waals surface area contributed by atoms with Crippen molar-refractivity contribution in [2.75, 3.05) is 6.26 Å². The summed E-state index contributed by atoms with van der Waals surface area (Å²) in [6.45, 7) is 0. The summed E-state index contributed by atoms with van der Waals surface area (Å²) in [5.41, 5.74) is 0. The molecule has 0 fully saturated rings. The van der Waals surface area contributed by atoms with Crippen LogP contribution in [0.2, 0.25) is 0 Å². The SMILES string of the molecule is CSC1=CC=CC1=O. The number of hydrogen-bond donors (Lipinski definition) is 0. The van der Waals surface area contributed by atoms with Crippen LogP contribution in [0.4, 0.5) is 0 Å². The van der Waals surface area contributed by atoms with Crippen molar-refractivity contribution >= 4 is 17.5 Å². The van der Waals surface area contributed by atoms with E-state index in [2.05, 4.69) is 0 Å². The van der Waals surface area contributed by atoms with E-state index in [1.54, 1.807) is 12.2 Å². The van der Waals surface area contributed by atoms with E-state index in [1.807, 2.05) is 12.3 Å². The van der Waals surface area contributed by atoms with E-state index in [-0.39, 0.29) is 5.78 Å². The summed E-state index contributed by atoms with van der Waals surface area (Å²) >= 11 is 1.49. The summed E-state index contributed by atoms with van der Waals surface area (Å²) in [5, 5.41) is 0. The van der Waals surface area contributed by atoms with E-state index >= 15 is 0 Å². The number of thioether (sulfide) groups is 1. The Morgan fingerprint density at radius 3 is 2.62 bits per heavy atom. The molecular weight excluding hydrogens is 120 g/mol. The maximum Gasteiger partial charge on any atom is 0.192 e. The zero-order chi connectivity index (χ0) is 5.98. The molecule has 1 rings (SSSR count). The van der Waals surface area contributed by atoms with Gasteiger partial charge in [0.1, 0.15) is 0 Å². The number of rotatable bonds is 1. The smallest absolute Gasteiger partial charge is 0.192 e. The van der Waals surface area contributed by atoms with Crippen molar-refractivity contribution in [3.05, 3.63) is 23.1 Å².